The van der Waals surface area contributed by atoms with Crippen molar-refractivity contribution in [3.8, 4) is 0 Å². The third-order valence-electron chi connectivity index (χ3n) is 4.41. The Morgan fingerprint density at radius 2 is 2.18 bits per heavy atom. The van der Waals surface area contributed by atoms with Crippen LogP contribution in [-0.4, -0.2) is 35.7 Å². The first-order valence-electron chi connectivity index (χ1n) is 7.92. The van der Waals surface area contributed by atoms with Crippen molar-refractivity contribution in [2.24, 2.45) is 5.92 Å². The average molecular weight is 325 g/mol. The van der Waals surface area contributed by atoms with E-state index in [9.17, 15) is 9.90 Å². The van der Waals surface area contributed by atoms with Gasteiger partial charge in [-0.25, -0.2) is 4.79 Å². The standard InChI is InChI=1S/C17H25ClN2O2/c1-12(13-7-5-8-15(18)10-13)19-17(22)20(2)11-14-6-3-4-9-16(14)21/h5,7-8,10,12,14,16,21H,3-4,6,9,11H2,1-2H3,(H,19,22). The Kier molecular flexibility index (Phi) is 6.09. The van der Waals surface area contributed by atoms with Gasteiger partial charge < -0.3 is 15.3 Å². The fourth-order valence-corrected chi connectivity index (χ4v) is 3.19. The zero-order valence-electron chi connectivity index (χ0n) is 13.3. The first kappa shape index (κ1) is 17.1. The summed E-state index contributed by atoms with van der Waals surface area (Å²) < 4.78 is 0. The van der Waals surface area contributed by atoms with E-state index in [0.29, 0.717) is 11.6 Å². The number of carbonyl (C=O) groups excluding carboxylic acids is 1. The van der Waals surface area contributed by atoms with Crippen LogP contribution in [0.2, 0.25) is 5.02 Å². The molecule has 3 unspecified atom stereocenters. The Morgan fingerprint density at radius 3 is 2.86 bits per heavy atom. The molecule has 3 atom stereocenters. The van der Waals surface area contributed by atoms with Crippen LogP contribution in [0.3, 0.4) is 0 Å². The summed E-state index contributed by atoms with van der Waals surface area (Å²) in [4.78, 5) is 14.0. The molecule has 2 N–H and O–H groups in total. The van der Waals surface area contributed by atoms with Crippen LogP contribution in [0.4, 0.5) is 4.79 Å². The van der Waals surface area contributed by atoms with Crippen molar-refractivity contribution in [2.45, 2.75) is 44.8 Å². The van der Waals surface area contributed by atoms with Crippen LogP contribution in [0.15, 0.2) is 24.3 Å². The fraction of sp³-hybridized carbons (Fsp3) is 0.588. The molecule has 1 aliphatic carbocycles. The third-order valence-corrected chi connectivity index (χ3v) is 4.65. The number of amides is 2. The van der Waals surface area contributed by atoms with E-state index in [2.05, 4.69) is 5.32 Å². The molecule has 2 rings (SSSR count). The highest BCUT2D eigenvalue weighted by molar-refractivity contribution is 6.30. The van der Waals surface area contributed by atoms with Gasteiger partial charge in [0, 0.05) is 24.5 Å². The highest BCUT2D eigenvalue weighted by Gasteiger charge is 2.26. The molecule has 2 amide bonds. The second kappa shape index (κ2) is 7.84. The van der Waals surface area contributed by atoms with Gasteiger partial charge in [0.1, 0.15) is 0 Å². The molecular weight excluding hydrogens is 300 g/mol. The summed E-state index contributed by atoms with van der Waals surface area (Å²) in [5.41, 5.74) is 0.979. The fourth-order valence-electron chi connectivity index (χ4n) is 2.99. The van der Waals surface area contributed by atoms with Gasteiger partial charge in [-0.1, -0.05) is 36.6 Å². The van der Waals surface area contributed by atoms with Gasteiger partial charge in [-0.2, -0.15) is 0 Å². The third kappa shape index (κ3) is 4.62. The van der Waals surface area contributed by atoms with Crippen LogP contribution in [-0.2, 0) is 0 Å². The molecule has 122 valence electrons. The van der Waals surface area contributed by atoms with E-state index in [-0.39, 0.29) is 24.1 Å². The second-order valence-corrected chi connectivity index (χ2v) is 6.66. The van der Waals surface area contributed by atoms with Crippen LogP contribution in [0.1, 0.15) is 44.2 Å². The molecule has 0 heterocycles. The number of aliphatic hydroxyl groups excluding tert-OH is 1. The van der Waals surface area contributed by atoms with Crippen LogP contribution >= 0.6 is 11.6 Å². The lowest BCUT2D eigenvalue weighted by atomic mass is 9.86. The number of nitrogens with one attached hydrogen (secondary N) is 1. The van der Waals surface area contributed by atoms with Gasteiger partial charge in [-0.05, 0) is 37.5 Å². The van der Waals surface area contributed by atoms with Crippen molar-refractivity contribution in [3.63, 3.8) is 0 Å². The van der Waals surface area contributed by atoms with Crippen molar-refractivity contribution in [2.75, 3.05) is 13.6 Å². The minimum atomic E-state index is -0.283. The Hall–Kier alpha value is -1.26. The maximum atomic E-state index is 12.3. The molecule has 1 aliphatic rings. The predicted octanol–water partition coefficient (Wildman–Crippen LogP) is 3.59. The lowest BCUT2D eigenvalue weighted by molar-refractivity contribution is 0.0563. The average Bonchev–Trinajstić information content (AvgIpc) is 2.49. The van der Waals surface area contributed by atoms with E-state index in [4.69, 9.17) is 11.6 Å². The topological polar surface area (TPSA) is 52.6 Å². The van der Waals surface area contributed by atoms with Gasteiger partial charge in [0.15, 0.2) is 0 Å². The maximum Gasteiger partial charge on any atom is 0.317 e. The van der Waals surface area contributed by atoms with E-state index in [1.54, 1.807) is 11.9 Å². The van der Waals surface area contributed by atoms with Crippen molar-refractivity contribution >= 4 is 17.6 Å². The van der Waals surface area contributed by atoms with Gasteiger partial charge in [0.05, 0.1) is 12.1 Å². The molecule has 22 heavy (non-hydrogen) atoms. The highest BCUT2D eigenvalue weighted by atomic mass is 35.5. The normalized spacial score (nSPS) is 22.9. The molecule has 5 heteroatoms. The quantitative estimate of drug-likeness (QED) is 0.889. The molecular formula is C17H25ClN2O2. The Balaban J connectivity index is 1.87. The van der Waals surface area contributed by atoms with Gasteiger partial charge in [0.25, 0.3) is 0 Å². The van der Waals surface area contributed by atoms with E-state index >= 15 is 0 Å². The number of nitrogens with zero attached hydrogens (tertiary/aromatic N) is 1. The summed E-state index contributed by atoms with van der Waals surface area (Å²) >= 11 is 5.98. The first-order chi connectivity index (χ1) is 10.5. The lowest BCUT2D eigenvalue weighted by Crippen LogP contribution is -2.43. The summed E-state index contributed by atoms with van der Waals surface area (Å²) in [6, 6.07) is 7.27. The number of hydrogen-bond donors (Lipinski definition) is 2. The smallest absolute Gasteiger partial charge is 0.317 e. The second-order valence-electron chi connectivity index (χ2n) is 6.22. The van der Waals surface area contributed by atoms with E-state index < -0.39 is 0 Å². The number of benzene rings is 1. The van der Waals surface area contributed by atoms with Crippen molar-refractivity contribution in [1.82, 2.24) is 10.2 Å². The molecule has 0 aromatic heterocycles. The first-order valence-corrected chi connectivity index (χ1v) is 8.30. The Bertz CT molecular complexity index is 509. The highest BCUT2D eigenvalue weighted by Crippen LogP contribution is 2.25. The van der Waals surface area contributed by atoms with E-state index in [1.165, 1.54) is 0 Å². The van der Waals surface area contributed by atoms with Crippen molar-refractivity contribution < 1.29 is 9.90 Å². The Morgan fingerprint density at radius 1 is 1.45 bits per heavy atom. The van der Waals surface area contributed by atoms with Crippen molar-refractivity contribution in [3.05, 3.63) is 34.9 Å². The van der Waals surface area contributed by atoms with Crippen LogP contribution < -0.4 is 5.32 Å². The molecule has 4 nitrogen and oxygen atoms in total. The summed E-state index contributed by atoms with van der Waals surface area (Å²) in [7, 11) is 1.78. The molecule has 1 aromatic carbocycles. The lowest BCUT2D eigenvalue weighted by Gasteiger charge is -2.31. The summed E-state index contributed by atoms with van der Waals surface area (Å²) in [5, 5.41) is 13.7. The van der Waals surface area contributed by atoms with Crippen LogP contribution in [0, 0.1) is 5.92 Å². The zero-order chi connectivity index (χ0) is 16.1. The van der Waals surface area contributed by atoms with Gasteiger partial charge in [-0.15, -0.1) is 0 Å². The molecule has 0 bridgehead atoms. The van der Waals surface area contributed by atoms with E-state index in [1.807, 2.05) is 31.2 Å². The van der Waals surface area contributed by atoms with Crippen LogP contribution in [0.25, 0.3) is 0 Å². The number of aliphatic hydroxyl groups is 1. The summed E-state index contributed by atoms with van der Waals surface area (Å²) in [5.74, 6) is 0.186. The van der Waals surface area contributed by atoms with Crippen LogP contribution in [0.5, 0.6) is 0 Å². The molecule has 0 saturated heterocycles. The maximum absolute atomic E-state index is 12.3. The molecule has 0 spiro atoms. The minimum absolute atomic E-state index is 0.107. The largest absolute Gasteiger partial charge is 0.393 e. The van der Waals surface area contributed by atoms with Gasteiger partial charge in [-0.3, -0.25) is 0 Å². The summed E-state index contributed by atoms with van der Waals surface area (Å²) in [6.45, 7) is 2.53. The molecule has 0 radical (unpaired) electrons. The van der Waals surface area contributed by atoms with Crippen molar-refractivity contribution in [1.29, 1.82) is 0 Å². The predicted molar refractivity (Wildman–Crippen MR) is 89.0 cm³/mol. The number of hydrogen-bond acceptors (Lipinski definition) is 2. The van der Waals surface area contributed by atoms with Gasteiger partial charge in [0.2, 0.25) is 0 Å². The number of halogens is 1. The van der Waals surface area contributed by atoms with Gasteiger partial charge >= 0.3 is 6.03 Å². The summed E-state index contributed by atoms with van der Waals surface area (Å²) in [6.07, 6.45) is 3.77. The molecule has 1 aromatic rings. The van der Waals surface area contributed by atoms with E-state index in [0.717, 1.165) is 31.2 Å². The Labute approximate surface area is 137 Å². The zero-order valence-corrected chi connectivity index (χ0v) is 14.0. The number of carbonyl (C=O) groups is 1. The molecule has 0 aliphatic heterocycles. The number of urea groups is 1. The molecule has 1 saturated carbocycles. The minimum Gasteiger partial charge on any atom is -0.393 e. The molecule has 1 fully saturated rings. The SMILES string of the molecule is CC(NC(=O)N(C)CC1CCCCC1O)c1cccc(Cl)c1. The number of rotatable bonds is 4. The monoisotopic (exact) mass is 324 g/mol.